The first-order chi connectivity index (χ1) is 14.2. The van der Waals surface area contributed by atoms with Gasteiger partial charge in [-0.2, -0.15) is 0 Å². The van der Waals surface area contributed by atoms with Crippen LogP contribution in [0.5, 0.6) is 0 Å². The first-order valence-electron chi connectivity index (χ1n) is 10.7. The first-order valence-corrected chi connectivity index (χ1v) is 10.7. The fourth-order valence-electron chi connectivity index (χ4n) is 4.47. The molecule has 2 heterocycles. The Kier molecular flexibility index (Phi) is 8.08. The Hall–Kier alpha value is -2.15. The standard InChI is InChI=1S/C23H30N4O2.ClH/c28-22(26-20-10-3-8-18-7-1-2-9-19(18)20)16-27-13-5-6-17(15-27)14-25-23(29)21-11-4-12-24-21;/h1-3,7-10,17,21,24H,4-6,11-16H2,(H,25,29)(H,26,28);1H. The number of anilines is 1. The molecular formula is C23H31ClN4O2. The van der Waals surface area contributed by atoms with Gasteiger partial charge in [0.05, 0.1) is 12.6 Å². The van der Waals surface area contributed by atoms with Crippen LogP contribution in [0.15, 0.2) is 42.5 Å². The number of halogens is 1. The third-order valence-electron chi connectivity index (χ3n) is 5.98. The van der Waals surface area contributed by atoms with Gasteiger partial charge in [0.2, 0.25) is 11.8 Å². The summed E-state index contributed by atoms with van der Waals surface area (Å²) < 4.78 is 0. The monoisotopic (exact) mass is 430 g/mol. The third-order valence-corrected chi connectivity index (χ3v) is 5.98. The molecule has 4 rings (SSSR count). The van der Waals surface area contributed by atoms with Crippen molar-refractivity contribution in [2.75, 3.05) is 38.0 Å². The third kappa shape index (κ3) is 5.72. The lowest BCUT2D eigenvalue weighted by molar-refractivity contribution is -0.123. The predicted octanol–water partition coefficient (Wildman–Crippen LogP) is 2.78. The molecule has 7 heteroatoms. The van der Waals surface area contributed by atoms with Crippen molar-refractivity contribution < 1.29 is 9.59 Å². The van der Waals surface area contributed by atoms with Crippen LogP contribution in [0, 0.1) is 5.92 Å². The van der Waals surface area contributed by atoms with Crippen LogP contribution in [0.25, 0.3) is 10.8 Å². The smallest absolute Gasteiger partial charge is 0.238 e. The number of nitrogens with zero attached hydrogens (tertiary/aromatic N) is 1. The number of carbonyl (C=O) groups is 2. The van der Waals surface area contributed by atoms with Gasteiger partial charge in [-0.3, -0.25) is 14.5 Å². The van der Waals surface area contributed by atoms with Gasteiger partial charge in [-0.1, -0.05) is 36.4 Å². The Labute approximate surface area is 184 Å². The summed E-state index contributed by atoms with van der Waals surface area (Å²) in [5.74, 6) is 0.536. The molecule has 2 aliphatic rings. The van der Waals surface area contributed by atoms with Crippen molar-refractivity contribution in [1.29, 1.82) is 0 Å². The fourth-order valence-corrected chi connectivity index (χ4v) is 4.47. The van der Waals surface area contributed by atoms with Gasteiger partial charge in [-0.25, -0.2) is 0 Å². The van der Waals surface area contributed by atoms with Gasteiger partial charge < -0.3 is 16.0 Å². The largest absolute Gasteiger partial charge is 0.354 e. The van der Waals surface area contributed by atoms with Crippen molar-refractivity contribution in [1.82, 2.24) is 15.5 Å². The molecule has 2 aromatic carbocycles. The zero-order valence-corrected chi connectivity index (χ0v) is 18.0. The fraction of sp³-hybridized carbons (Fsp3) is 0.478. The van der Waals surface area contributed by atoms with Crippen LogP contribution in [-0.4, -0.2) is 55.5 Å². The van der Waals surface area contributed by atoms with Gasteiger partial charge in [0.25, 0.3) is 0 Å². The normalized spacial score (nSPS) is 21.7. The second-order valence-corrected chi connectivity index (χ2v) is 8.21. The Morgan fingerprint density at radius 1 is 1.07 bits per heavy atom. The number of benzene rings is 2. The highest BCUT2D eigenvalue weighted by atomic mass is 35.5. The highest BCUT2D eigenvalue weighted by Crippen LogP contribution is 2.23. The van der Waals surface area contributed by atoms with E-state index in [1.165, 1.54) is 0 Å². The van der Waals surface area contributed by atoms with Gasteiger partial charge in [-0.05, 0) is 56.1 Å². The van der Waals surface area contributed by atoms with Gasteiger partial charge in [0, 0.05) is 24.2 Å². The Balaban J connectivity index is 0.00000256. The van der Waals surface area contributed by atoms with Crippen molar-refractivity contribution in [3.05, 3.63) is 42.5 Å². The zero-order valence-electron chi connectivity index (χ0n) is 17.2. The van der Waals surface area contributed by atoms with Crippen LogP contribution in [0.2, 0.25) is 0 Å². The molecular weight excluding hydrogens is 400 g/mol. The van der Waals surface area contributed by atoms with E-state index in [0.717, 1.165) is 61.8 Å². The summed E-state index contributed by atoms with van der Waals surface area (Å²) in [6.45, 7) is 3.79. The summed E-state index contributed by atoms with van der Waals surface area (Å²) in [7, 11) is 0. The highest BCUT2D eigenvalue weighted by molar-refractivity contribution is 6.02. The van der Waals surface area contributed by atoms with Crippen LogP contribution < -0.4 is 16.0 Å². The average Bonchev–Trinajstić information content (AvgIpc) is 3.28. The molecule has 30 heavy (non-hydrogen) atoms. The first kappa shape index (κ1) is 22.5. The van der Waals surface area contributed by atoms with E-state index in [0.29, 0.717) is 19.0 Å². The number of amides is 2. The second-order valence-electron chi connectivity index (χ2n) is 8.21. The maximum atomic E-state index is 12.6. The Morgan fingerprint density at radius 3 is 2.73 bits per heavy atom. The van der Waals surface area contributed by atoms with Crippen LogP contribution >= 0.6 is 12.4 Å². The minimum absolute atomic E-state index is 0. The molecule has 2 amide bonds. The number of rotatable bonds is 6. The zero-order chi connectivity index (χ0) is 20.1. The summed E-state index contributed by atoms with van der Waals surface area (Å²) in [5.41, 5.74) is 0.859. The lowest BCUT2D eigenvalue weighted by Crippen LogP contribution is -2.46. The predicted molar refractivity (Wildman–Crippen MR) is 123 cm³/mol. The van der Waals surface area contributed by atoms with Gasteiger partial charge in [-0.15, -0.1) is 12.4 Å². The molecule has 6 nitrogen and oxygen atoms in total. The molecule has 3 N–H and O–H groups in total. The highest BCUT2D eigenvalue weighted by Gasteiger charge is 2.25. The number of fused-ring (bicyclic) bond motifs is 1. The average molecular weight is 431 g/mol. The molecule has 2 unspecified atom stereocenters. The molecule has 2 fully saturated rings. The summed E-state index contributed by atoms with van der Waals surface area (Å²) in [4.78, 5) is 27.0. The SMILES string of the molecule is Cl.O=C(CN1CCCC(CNC(=O)C2CCCN2)C1)Nc1cccc2ccccc12. The van der Waals surface area contributed by atoms with Gasteiger partial charge in [0.15, 0.2) is 0 Å². The topological polar surface area (TPSA) is 73.5 Å². The van der Waals surface area contributed by atoms with E-state index in [4.69, 9.17) is 0 Å². The van der Waals surface area contributed by atoms with Crippen molar-refractivity contribution in [3.63, 3.8) is 0 Å². The molecule has 0 saturated carbocycles. The summed E-state index contributed by atoms with van der Waals surface area (Å²) in [6, 6.07) is 14.0. The number of likely N-dealkylation sites (tertiary alicyclic amines) is 1. The molecule has 0 aliphatic carbocycles. The molecule has 2 saturated heterocycles. The van der Waals surface area contributed by atoms with Crippen molar-refractivity contribution in [2.24, 2.45) is 5.92 Å². The van der Waals surface area contributed by atoms with Crippen LogP contribution in [0.4, 0.5) is 5.69 Å². The number of piperidine rings is 1. The maximum absolute atomic E-state index is 12.6. The van der Waals surface area contributed by atoms with Crippen LogP contribution in [-0.2, 0) is 9.59 Å². The summed E-state index contributed by atoms with van der Waals surface area (Å²) >= 11 is 0. The molecule has 2 aromatic rings. The van der Waals surface area contributed by atoms with Crippen LogP contribution in [0.3, 0.4) is 0 Å². The van der Waals surface area contributed by atoms with E-state index in [-0.39, 0.29) is 30.3 Å². The Bertz CT molecular complexity index is 864. The van der Waals surface area contributed by atoms with E-state index in [1.54, 1.807) is 0 Å². The molecule has 0 aromatic heterocycles. The summed E-state index contributed by atoms with van der Waals surface area (Å²) in [5, 5.41) is 11.6. The Morgan fingerprint density at radius 2 is 1.90 bits per heavy atom. The van der Waals surface area contributed by atoms with E-state index in [1.807, 2.05) is 30.3 Å². The van der Waals surface area contributed by atoms with Crippen molar-refractivity contribution >= 4 is 40.7 Å². The van der Waals surface area contributed by atoms with E-state index >= 15 is 0 Å². The summed E-state index contributed by atoms with van der Waals surface area (Å²) in [6.07, 6.45) is 4.15. The number of nitrogens with one attached hydrogen (secondary N) is 3. The maximum Gasteiger partial charge on any atom is 0.238 e. The molecule has 162 valence electrons. The molecule has 0 spiro atoms. The molecule has 2 aliphatic heterocycles. The van der Waals surface area contributed by atoms with Gasteiger partial charge >= 0.3 is 0 Å². The minimum Gasteiger partial charge on any atom is -0.354 e. The van der Waals surface area contributed by atoms with E-state index in [2.05, 4.69) is 33.0 Å². The van der Waals surface area contributed by atoms with Crippen LogP contribution in [0.1, 0.15) is 25.7 Å². The molecule has 0 radical (unpaired) electrons. The molecule has 0 bridgehead atoms. The lowest BCUT2D eigenvalue weighted by atomic mass is 9.97. The van der Waals surface area contributed by atoms with E-state index < -0.39 is 0 Å². The van der Waals surface area contributed by atoms with Crippen molar-refractivity contribution in [3.8, 4) is 0 Å². The van der Waals surface area contributed by atoms with Gasteiger partial charge in [0.1, 0.15) is 0 Å². The lowest BCUT2D eigenvalue weighted by Gasteiger charge is -2.32. The molecule has 2 atom stereocenters. The number of hydrogen-bond acceptors (Lipinski definition) is 4. The second kappa shape index (κ2) is 10.8. The minimum atomic E-state index is -0.0267. The van der Waals surface area contributed by atoms with Crippen molar-refractivity contribution in [2.45, 2.75) is 31.7 Å². The quantitative estimate of drug-likeness (QED) is 0.658. The van der Waals surface area contributed by atoms with E-state index in [9.17, 15) is 9.59 Å². The number of carbonyl (C=O) groups excluding carboxylic acids is 2. The number of hydrogen-bond donors (Lipinski definition) is 3.